The summed E-state index contributed by atoms with van der Waals surface area (Å²) in [6.07, 6.45) is 14.8. The molecule has 0 spiro atoms. The molecule has 37 heavy (non-hydrogen) atoms. The number of hydrogen-bond donors (Lipinski definition) is 2. The highest BCUT2D eigenvalue weighted by Crippen LogP contribution is 2.11. The van der Waals surface area contributed by atoms with Crippen molar-refractivity contribution in [1.29, 1.82) is 0 Å². The van der Waals surface area contributed by atoms with E-state index in [4.69, 9.17) is 33.0 Å². The zero-order chi connectivity index (χ0) is 26.4. The minimum absolute atomic E-state index is 0. The third kappa shape index (κ3) is 37.8. The van der Waals surface area contributed by atoms with E-state index in [0.717, 1.165) is 13.0 Å². The molecular formula is C25H55NO10S. The van der Waals surface area contributed by atoms with Crippen LogP contribution in [0.5, 0.6) is 0 Å². The van der Waals surface area contributed by atoms with Gasteiger partial charge in [0.05, 0.1) is 79.3 Å². The molecule has 0 aromatic heterocycles. The van der Waals surface area contributed by atoms with E-state index < -0.39 is 10.4 Å². The van der Waals surface area contributed by atoms with Crippen LogP contribution in [-0.4, -0.2) is 98.9 Å². The molecular weight excluding hydrogens is 506 g/mol. The van der Waals surface area contributed by atoms with E-state index in [2.05, 4.69) is 11.1 Å². The molecule has 0 aliphatic heterocycles. The van der Waals surface area contributed by atoms with E-state index in [-0.39, 0.29) is 19.4 Å². The zero-order valence-electron chi connectivity index (χ0n) is 23.2. The van der Waals surface area contributed by atoms with Crippen LogP contribution in [0.15, 0.2) is 0 Å². The van der Waals surface area contributed by atoms with Gasteiger partial charge in [0.2, 0.25) is 0 Å². The Morgan fingerprint density at radius 1 is 0.432 bits per heavy atom. The molecule has 0 atom stereocenters. The molecule has 0 fully saturated rings. The van der Waals surface area contributed by atoms with Crippen molar-refractivity contribution in [2.45, 2.75) is 77.6 Å². The van der Waals surface area contributed by atoms with Gasteiger partial charge in [0.1, 0.15) is 0 Å². The molecule has 0 unspecified atom stereocenters. The average Bonchev–Trinajstić information content (AvgIpc) is 2.84. The first-order chi connectivity index (χ1) is 17.6. The highest BCUT2D eigenvalue weighted by Gasteiger charge is 2.02. The number of unbranched alkanes of at least 4 members (excludes halogenated alkanes) is 10. The van der Waals surface area contributed by atoms with Crippen molar-refractivity contribution >= 4 is 10.4 Å². The molecule has 0 saturated heterocycles. The summed E-state index contributed by atoms with van der Waals surface area (Å²) >= 11 is 0. The molecule has 0 aliphatic carbocycles. The summed E-state index contributed by atoms with van der Waals surface area (Å²) in [4.78, 5) is 0. The minimum atomic E-state index is -4.40. The second-order valence-electron chi connectivity index (χ2n) is 8.46. The van der Waals surface area contributed by atoms with Crippen LogP contribution in [0.4, 0.5) is 0 Å². The monoisotopic (exact) mass is 561 g/mol. The van der Waals surface area contributed by atoms with Crippen molar-refractivity contribution in [2.24, 2.45) is 0 Å². The summed E-state index contributed by atoms with van der Waals surface area (Å²) in [7, 11) is -4.40. The van der Waals surface area contributed by atoms with Gasteiger partial charge in [0.15, 0.2) is 0 Å². The van der Waals surface area contributed by atoms with E-state index in [1.165, 1.54) is 64.2 Å². The standard InChI is InChI=1S/C25H52O10S.H3N/c1-2-3-4-5-6-7-8-9-10-11-12-13-29-14-15-30-16-17-31-18-19-32-20-21-33-22-23-34-24-25-35-36(26,27)28;/h2-25H2,1H3,(H,26,27,28);1H3. The fourth-order valence-corrected chi connectivity index (χ4v) is 3.55. The van der Waals surface area contributed by atoms with Crippen LogP contribution in [0.1, 0.15) is 77.6 Å². The van der Waals surface area contributed by atoms with Gasteiger partial charge < -0.3 is 34.6 Å². The van der Waals surface area contributed by atoms with Crippen molar-refractivity contribution in [3.8, 4) is 0 Å². The Morgan fingerprint density at radius 2 is 0.703 bits per heavy atom. The molecule has 0 amide bonds. The summed E-state index contributed by atoms with van der Waals surface area (Å²) in [6.45, 7) is 7.67. The minimum Gasteiger partial charge on any atom is -0.379 e. The van der Waals surface area contributed by atoms with Crippen LogP contribution in [0.2, 0.25) is 0 Å². The third-order valence-corrected chi connectivity index (χ3v) is 5.68. The maximum atomic E-state index is 10.3. The summed E-state index contributed by atoms with van der Waals surface area (Å²) in [5.74, 6) is 0. The molecule has 0 radical (unpaired) electrons. The lowest BCUT2D eigenvalue weighted by Gasteiger charge is -2.08. The van der Waals surface area contributed by atoms with Crippen molar-refractivity contribution in [3.05, 3.63) is 0 Å². The molecule has 0 aromatic rings. The van der Waals surface area contributed by atoms with E-state index in [1.54, 1.807) is 0 Å². The maximum Gasteiger partial charge on any atom is 0.397 e. The lowest BCUT2D eigenvalue weighted by molar-refractivity contribution is -0.0179. The molecule has 4 N–H and O–H groups in total. The van der Waals surface area contributed by atoms with E-state index in [1.807, 2.05) is 0 Å². The van der Waals surface area contributed by atoms with Gasteiger partial charge in [0, 0.05) is 6.61 Å². The van der Waals surface area contributed by atoms with Crippen LogP contribution >= 0.6 is 0 Å². The van der Waals surface area contributed by atoms with Crippen molar-refractivity contribution in [2.75, 3.05) is 85.9 Å². The Hall–Kier alpha value is -0.410. The first kappa shape index (κ1) is 38.7. The van der Waals surface area contributed by atoms with Gasteiger partial charge in [0.25, 0.3) is 0 Å². The maximum absolute atomic E-state index is 10.3. The van der Waals surface area contributed by atoms with Crippen LogP contribution in [0, 0.1) is 0 Å². The molecule has 0 aromatic carbocycles. The normalized spacial score (nSPS) is 11.6. The number of ether oxygens (including phenoxy) is 6. The third-order valence-electron chi connectivity index (χ3n) is 5.21. The Labute approximate surface area is 225 Å². The molecule has 0 rings (SSSR count). The predicted molar refractivity (Wildman–Crippen MR) is 144 cm³/mol. The summed E-state index contributed by atoms with van der Waals surface area (Å²) in [5, 5.41) is 0. The van der Waals surface area contributed by atoms with Crippen LogP contribution in [-0.2, 0) is 43.0 Å². The van der Waals surface area contributed by atoms with Crippen molar-refractivity contribution in [3.63, 3.8) is 0 Å². The van der Waals surface area contributed by atoms with Gasteiger partial charge >= 0.3 is 10.4 Å². The van der Waals surface area contributed by atoms with Gasteiger partial charge in [-0.25, -0.2) is 4.18 Å². The molecule has 12 heteroatoms. The fraction of sp³-hybridized carbons (Fsp3) is 1.00. The number of hydrogen-bond acceptors (Lipinski definition) is 10. The predicted octanol–water partition coefficient (Wildman–Crippen LogP) is 4.38. The Morgan fingerprint density at radius 3 is 1.03 bits per heavy atom. The Kier molecular flexibility index (Phi) is 33.3. The van der Waals surface area contributed by atoms with Gasteiger partial charge in [-0.1, -0.05) is 71.1 Å². The topological polar surface area (TPSA) is 154 Å². The lowest BCUT2D eigenvalue weighted by atomic mass is 10.1. The Balaban J connectivity index is 0. The number of rotatable bonds is 31. The molecule has 0 bridgehead atoms. The van der Waals surface area contributed by atoms with Crippen LogP contribution in [0.3, 0.4) is 0 Å². The molecule has 11 nitrogen and oxygen atoms in total. The van der Waals surface area contributed by atoms with Crippen LogP contribution in [0.25, 0.3) is 0 Å². The molecule has 0 saturated carbocycles. The van der Waals surface area contributed by atoms with Gasteiger partial charge in [-0.15, -0.1) is 0 Å². The molecule has 226 valence electrons. The van der Waals surface area contributed by atoms with E-state index in [9.17, 15) is 8.42 Å². The summed E-state index contributed by atoms with van der Waals surface area (Å²) in [6, 6.07) is 0. The van der Waals surface area contributed by atoms with Crippen molar-refractivity contribution < 1.29 is 45.6 Å². The largest absolute Gasteiger partial charge is 0.397 e. The van der Waals surface area contributed by atoms with Crippen LogP contribution < -0.4 is 6.15 Å². The second kappa shape index (κ2) is 31.8. The molecule has 0 heterocycles. The SMILES string of the molecule is CCCCCCCCCCCCCOCCOCCOCCOCCOCCOCCOS(=O)(=O)O.N. The first-order valence-electron chi connectivity index (χ1n) is 13.6. The lowest BCUT2D eigenvalue weighted by Crippen LogP contribution is -2.15. The molecule has 0 aliphatic rings. The quantitative estimate of drug-likeness (QED) is 0.0915. The van der Waals surface area contributed by atoms with E-state index >= 15 is 0 Å². The zero-order valence-corrected chi connectivity index (χ0v) is 24.0. The summed E-state index contributed by atoms with van der Waals surface area (Å²) < 4.78 is 65.4. The summed E-state index contributed by atoms with van der Waals surface area (Å²) in [5.41, 5.74) is 0. The highest BCUT2D eigenvalue weighted by molar-refractivity contribution is 7.80. The fourth-order valence-electron chi connectivity index (χ4n) is 3.27. The highest BCUT2D eigenvalue weighted by atomic mass is 32.3. The van der Waals surface area contributed by atoms with E-state index in [0.29, 0.717) is 66.1 Å². The van der Waals surface area contributed by atoms with Gasteiger partial charge in [-0.2, -0.15) is 8.42 Å². The van der Waals surface area contributed by atoms with Crippen molar-refractivity contribution in [1.82, 2.24) is 6.15 Å². The van der Waals surface area contributed by atoms with Gasteiger partial charge in [-0.3, -0.25) is 4.55 Å². The second-order valence-corrected chi connectivity index (χ2v) is 9.55. The smallest absolute Gasteiger partial charge is 0.379 e. The Bertz CT molecular complexity index is 526. The first-order valence-corrected chi connectivity index (χ1v) is 15.0. The van der Waals surface area contributed by atoms with Gasteiger partial charge in [-0.05, 0) is 6.42 Å². The average molecular weight is 562 g/mol.